The first-order chi connectivity index (χ1) is 8.70. The zero-order valence-electron chi connectivity index (χ0n) is 10.7. The number of carbonyl (C=O) groups is 1. The van der Waals surface area contributed by atoms with Crippen molar-refractivity contribution >= 4 is 22.6 Å². The monoisotopic (exact) mass is 246 g/mol. The number of imidazole rings is 1. The van der Waals surface area contributed by atoms with Gasteiger partial charge in [-0.15, -0.1) is 0 Å². The predicted octanol–water partition coefficient (Wildman–Crippen LogP) is 1.51. The van der Waals surface area contributed by atoms with Crippen LogP contribution in [0.25, 0.3) is 11.0 Å². The molecule has 2 N–H and O–H groups in total. The SMILES string of the molecule is CNCCCC(=O)Nc1ccc2c(c1)ncn2C. The van der Waals surface area contributed by atoms with Crippen LogP contribution in [0.5, 0.6) is 0 Å². The summed E-state index contributed by atoms with van der Waals surface area (Å²) in [6.45, 7) is 0.854. The number of carbonyl (C=O) groups excluding carboxylic acids is 1. The fourth-order valence-electron chi connectivity index (χ4n) is 1.86. The van der Waals surface area contributed by atoms with Gasteiger partial charge >= 0.3 is 0 Å². The second kappa shape index (κ2) is 5.64. The Morgan fingerprint density at radius 3 is 3.06 bits per heavy atom. The van der Waals surface area contributed by atoms with Gasteiger partial charge in [0.1, 0.15) is 0 Å². The first kappa shape index (κ1) is 12.6. The van der Waals surface area contributed by atoms with E-state index < -0.39 is 0 Å². The molecule has 2 aromatic rings. The van der Waals surface area contributed by atoms with Crippen LogP contribution in [0.1, 0.15) is 12.8 Å². The number of benzene rings is 1. The van der Waals surface area contributed by atoms with Crippen LogP contribution in [0.4, 0.5) is 5.69 Å². The number of nitrogens with one attached hydrogen (secondary N) is 2. The van der Waals surface area contributed by atoms with Gasteiger partial charge < -0.3 is 15.2 Å². The molecular formula is C13H18N4O. The van der Waals surface area contributed by atoms with Crippen LogP contribution in [0.3, 0.4) is 0 Å². The lowest BCUT2D eigenvalue weighted by Crippen LogP contribution is -2.15. The zero-order valence-corrected chi connectivity index (χ0v) is 10.7. The average Bonchev–Trinajstić information content (AvgIpc) is 2.71. The van der Waals surface area contributed by atoms with E-state index in [1.807, 2.05) is 36.9 Å². The van der Waals surface area contributed by atoms with Gasteiger partial charge in [-0.2, -0.15) is 0 Å². The number of aryl methyl sites for hydroxylation is 1. The van der Waals surface area contributed by atoms with Gasteiger partial charge in [0.25, 0.3) is 0 Å². The number of rotatable bonds is 5. The topological polar surface area (TPSA) is 59.0 Å². The van der Waals surface area contributed by atoms with E-state index in [1.165, 1.54) is 0 Å². The summed E-state index contributed by atoms with van der Waals surface area (Å²) < 4.78 is 1.95. The molecule has 0 unspecified atom stereocenters. The maximum Gasteiger partial charge on any atom is 0.224 e. The third kappa shape index (κ3) is 2.87. The molecule has 0 aliphatic heterocycles. The number of aromatic nitrogens is 2. The quantitative estimate of drug-likeness (QED) is 0.786. The Hall–Kier alpha value is -1.88. The Balaban J connectivity index is 2.01. The fourth-order valence-corrected chi connectivity index (χ4v) is 1.86. The van der Waals surface area contributed by atoms with Gasteiger partial charge in [-0.25, -0.2) is 4.98 Å². The molecule has 5 heteroatoms. The van der Waals surface area contributed by atoms with E-state index in [-0.39, 0.29) is 5.91 Å². The Morgan fingerprint density at radius 1 is 1.44 bits per heavy atom. The van der Waals surface area contributed by atoms with E-state index in [4.69, 9.17) is 0 Å². The van der Waals surface area contributed by atoms with Gasteiger partial charge in [-0.1, -0.05) is 0 Å². The third-order valence-corrected chi connectivity index (χ3v) is 2.84. The van der Waals surface area contributed by atoms with Gasteiger partial charge in [-0.05, 0) is 38.2 Å². The lowest BCUT2D eigenvalue weighted by Gasteiger charge is -2.05. The molecule has 0 aliphatic carbocycles. The number of amides is 1. The minimum absolute atomic E-state index is 0.0422. The lowest BCUT2D eigenvalue weighted by molar-refractivity contribution is -0.116. The van der Waals surface area contributed by atoms with Crippen LogP contribution in [0.15, 0.2) is 24.5 Å². The van der Waals surface area contributed by atoms with Crippen molar-refractivity contribution in [3.8, 4) is 0 Å². The van der Waals surface area contributed by atoms with Gasteiger partial charge in [0.05, 0.1) is 17.4 Å². The highest BCUT2D eigenvalue weighted by Gasteiger charge is 2.04. The number of nitrogens with zero attached hydrogens (tertiary/aromatic N) is 2. The van der Waals surface area contributed by atoms with E-state index in [9.17, 15) is 4.79 Å². The molecule has 0 saturated carbocycles. The van der Waals surface area contributed by atoms with Crippen LogP contribution in [0.2, 0.25) is 0 Å². The van der Waals surface area contributed by atoms with Gasteiger partial charge in [0.15, 0.2) is 0 Å². The summed E-state index contributed by atoms with van der Waals surface area (Å²) in [6.07, 6.45) is 3.14. The summed E-state index contributed by atoms with van der Waals surface area (Å²) in [4.78, 5) is 15.9. The predicted molar refractivity (Wildman–Crippen MR) is 72.5 cm³/mol. The summed E-state index contributed by atoms with van der Waals surface area (Å²) in [5.41, 5.74) is 2.75. The second-order valence-electron chi connectivity index (χ2n) is 4.31. The third-order valence-electron chi connectivity index (χ3n) is 2.84. The molecule has 1 heterocycles. The van der Waals surface area contributed by atoms with Crippen molar-refractivity contribution in [2.24, 2.45) is 7.05 Å². The zero-order chi connectivity index (χ0) is 13.0. The molecule has 5 nitrogen and oxygen atoms in total. The fraction of sp³-hybridized carbons (Fsp3) is 0.385. The van der Waals surface area contributed by atoms with Gasteiger partial charge in [0.2, 0.25) is 5.91 Å². The summed E-state index contributed by atoms with van der Waals surface area (Å²) in [6, 6.07) is 5.76. The highest BCUT2D eigenvalue weighted by Crippen LogP contribution is 2.17. The molecule has 0 atom stereocenters. The Bertz CT molecular complexity index is 547. The van der Waals surface area contributed by atoms with Crippen molar-refractivity contribution in [2.75, 3.05) is 18.9 Å². The first-order valence-electron chi connectivity index (χ1n) is 6.06. The number of fused-ring (bicyclic) bond motifs is 1. The molecule has 96 valence electrons. The molecule has 18 heavy (non-hydrogen) atoms. The number of hydrogen-bond acceptors (Lipinski definition) is 3. The Kier molecular flexibility index (Phi) is 3.94. The average molecular weight is 246 g/mol. The van der Waals surface area contributed by atoms with Gasteiger partial charge in [0, 0.05) is 19.2 Å². The molecule has 2 rings (SSSR count). The molecule has 0 saturated heterocycles. The number of anilines is 1. The molecule has 0 bridgehead atoms. The van der Waals surface area contributed by atoms with Crippen molar-refractivity contribution in [3.63, 3.8) is 0 Å². The molecule has 1 aromatic heterocycles. The second-order valence-corrected chi connectivity index (χ2v) is 4.31. The van der Waals surface area contributed by atoms with Crippen molar-refractivity contribution in [1.29, 1.82) is 0 Å². The highest BCUT2D eigenvalue weighted by molar-refractivity contribution is 5.93. The minimum atomic E-state index is 0.0422. The number of hydrogen-bond donors (Lipinski definition) is 2. The molecule has 1 aromatic carbocycles. The largest absolute Gasteiger partial charge is 0.334 e. The maximum absolute atomic E-state index is 11.7. The summed E-state index contributed by atoms with van der Waals surface area (Å²) in [5.74, 6) is 0.0422. The van der Waals surface area contributed by atoms with Crippen LogP contribution in [-0.2, 0) is 11.8 Å². The van der Waals surface area contributed by atoms with Crippen LogP contribution in [-0.4, -0.2) is 29.1 Å². The molecule has 0 aliphatic rings. The summed E-state index contributed by atoms with van der Waals surface area (Å²) in [5, 5.41) is 5.91. The standard InChI is InChI=1S/C13H18N4O/c1-14-7-3-4-13(18)16-10-5-6-12-11(8-10)15-9-17(12)2/h5-6,8-9,14H,3-4,7H2,1-2H3,(H,16,18). The molecule has 0 radical (unpaired) electrons. The van der Waals surface area contributed by atoms with Crippen LogP contribution < -0.4 is 10.6 Å². The van der Waals surface area contributed by atoms with E-state index in [0.29, 0.717) is 6.42 Å². The lowest BCUT2D eigenvalue weighted by atomic mass is 10.2. The van der Waals surface area contributed by atoms with E-state index in [0.717, 1.165) is 29.7 Å². The summed E-state index contributed by atoms with van der Waals surface area (Å²) in [7, 11) is 3.83. The Labute approximate surface area is 106 Å². The maximum atomic E-state index is 11.7. The first-order valence-corrected chi connectivity index (χ1v) is 6.06. The molecular weight excluding hydrogens is 228 g/mol. The smallest absolute Gasteiger partial charge is 0.224 e. The summed E-state index contributed by atoms with van der Waals surface area (Å²) >= 11 is 0. The Morgan fingerprint density at radius 2 is 2.28 bits per heavy atom. The molecule has 0 fully saturated rings. The molecule has 0 spiro atoms. The van der Waals surface area contributed by atoms with Crippen LogP contribution >= 0.6 is 0 Å². The van der Waals surface area contributed by atoms with E-state index in [1.54, 1.807) is 6.33 Å². The molecule has 1 amide bonds. The van der Waals surface area contributed by atoms with Crippen molar-refractivity contribution in [3.05, 3.63) is 24.5 Å². The van der Waals surface area contributed by atoms with E-state index >= 15 is 0 Å². The minimum Gasteiger partial charge on any atom is -0.334 e. The van der Waals surface area contributed by atoms with Crippen LogP contribution in [0, 0.1) is 0 Å². The van der Waals surface area contributed by atoms with Crippen molar-refractivity contribution in [2.45, 2.75) is 12.8 Å². The van der Waals surface area contributed by atoms with Gasteiger partial charge in [-0.3, -0.25) is 4.79 Å². The van der Waals surface area contributed by atoms with Crippen molar-refractivity contribution in [1.82, 2.24) is 14.9 Å². The van der Waals surface area contributed by atoms with Crippen molar-refractivity contribution < 1.29 is 4.79 Å². The van der Waals surface area contributed by atoms with E-state index in [2.05, 4.69) is 15.6 Å². The highest BCUT2D eigenvalue weighted by atomic mass is 16.1. The normalized spacial score (nSPS) is 10.8.